The Kier molecular flexibility index (Phi) is 6.42. The second-order valence-electron chi connectivity index (χ2n) is 8.08. The van der Waals surface area contributed by atoms with E-state index in [2.05, 4.69) is 42.0 Å². The lowest BCUT2D eigenvalue weighted by Crippen LogP contribution is -2.26. The Hall–Kier alpha value is -3.15. The lowest BCUT2D eigenvalue weighted by Gasteiger charge is -2.27. The number of methoxy groups -OCH3 is 1. The predicted molar refractivity (Wildman–Crippen MR) is 125 cm³/mol. The zero-order chi connectivity index (χ0) is 22.6. The highest BCUT2D eigenvalue weighted by atomic mass is 32.1. The van der Waals surface area contributed by atoms with Gasteiger partial charge in [-0.2, -0.15) is 5.10 Å². The van der Waals surface area contributed by atoms with Gasteiger partial charge in [0.2, 0.25) is 10.3 Å². The predicted octanol–water partition coefficient (Wildman–Crippen LogP) is 2.46. The molecule has 0 saturated carbocycles. The highest BCUT2D eigenvalue weighted by Crippen LogP contribution is 2.29. The van der Waals surface area contributed by atoms with Crippen LogP contribution in [0, 0.1) is 0 Å². The number of carbonyl (C=O) groups is 1. The second-order valence-corrected chi connectivity index (χ2v) is 9.06. The largest absolute Gasteiger partial charge is 0.380 e. The van der Waals surface area contributed by atoms with E-state index < -0.39 is 6.10 Å². The number of aromatic nitrogens is 4. The van der Waals surface area contributed by atoms with Gasteiger partial charge in [0.05, 0.1) is 13.2 Å². The minimum atomic E-state index is -0.735. The summed E-state index contributed by atoms with van der Waals surface area (Å²) in [7, 11) is 1.53. The van der Waals surface area contributed by atoms with Gasteiger partial charge in [-0.25, -0.2) is 0 Å². The van der Waals surface area contributed by atoms with Gasteiger partial charge in [-0.1, -0.05) is 35.6 Å². The zero-order valence-corrected chi connectivity index (χ0v) is 19.0. The highest BCUT2D eigenvalue weighted by Gasteiger charge is 2.27. The summed E-state index contributed by atoms with van der Waals surface area (Å²) in [5, 5.41) is 23.7. The van der Waals surface area contributed by atoms with E-state index in [1.165, 1.54) is 18.4 Å². The Morgan fingerprint density at radius 3 is 2.85 bits per heavy atom. The van der Waals surface area contributed by atoms with Gasteiger partial charge < -0.3 is 19.7 Å². The lowest BCUT2D eigenvalue weighted by molar-refractivity contribution is -0.126. The van der Waals surface area contributed by atoms with E-state index in [4.69, 9.17) is 9.47 Å². The number of hydrogen-bond acceptors (Lipinski definition) is 10. The monoisotopic (exact) mass is 467 g/mol. The molecule has 11 heteroatoms. The molecule has 2 aromatic heterocycles. The van der Waals surface area contributed by atoms with E-state index in [9.17, 15) is 4.79 Å². The first-order chi connectivity index (χ1) is 16.2. The van der Waals surface area contributed by atoms with E-state index in [0.717, 1.165) is 36.5 Å². The number of nitrogens with zero attached hydrogens (tertiary/aromatic N) is 5. The summed E-state index contributed by atoms with van der Waals surface area (Å²) >= 11 is 1.31. The fraction of sp³-hybridized carbons (Fsp3) is 0.409. The van der Waals surface area contributed by atoms with Crippen molar-refractivity contribution in [3.8, 4) is 0 Å². The van der Waals surface area contributed by atoms with Crippen molar-refractivity contribution in [2.45, 2.75) is 24.5 Å². The smallest absolute Gasteiger partial charge is 0.259 e. The van der Waals surface area contributed by atoms with Gasteiger partial charge in [0.15, 0.2) is 11.9 Å². The molecule has 0 radical (unpaired) electrons. The number of rotatable bonds is 8. The Labute approximate surface area is 195 Å². The molecule has 33 heavy (non-hydrogen) atoms. The molecule has 2 N–H and O–H groups in total. The first-order valence-corrected chi connectivity index (χ1v) is 11.6. The van der Waals surface area contributed by atoms with Crippen molar-refractivity contribution in [1.29, 1.82) is 0 Å². The Balaban J connectivity index is 1.18. The molecule has 5 rings (SSSR count). The Morgan fingerprint density at radius 2 is 2.09 bits per heavy atom. The fourth-order valence-electron chi connectivity index (χ4n) is 4.02. The van der Waals surface area contributed by atoms with Crippen LogP contribution in [0.5, 0.6) is 0 Å². The van der Waals surface area contributed by atoms with Crippen LogP contribution in [0.15, 0.2) is 42.6 Å². The van der Waals surface area contributed by atoms with Crippen LogP contribution in [-0.2, 0) is 14.3 Å². The number of hydrogen-bond donors (Lipinski definition) is 2. The number of benzene rings is 1. The van der Waals surface area contributed by atoms with E-state index in [1.54, 1.807) is 6.20 Å². The van der Waals surface area contributed by atoms with Crippen molar-refractivity contribution in [3.63, 3.8) is 0 Å². The standard InChI is InChI=1S/C22H25N7O3S/c1-31-19(15-5-2-4-14(10-15)16-12-32-13-16)20(30)25-22-28-27-21(33-22)24-17-7-9-29(11-17)18-6-3-8-23-26-18/h2-6,8,10,16-17,19H,7,9,11-13H2,1H3,(H,24,27)(H,25,28,30)/t17-,19-/m1/s1. The molecule has 2 aliphatic rings. The molecule has 1 amide bonds. The van der Waals surface area contributed by atoms with E-state index in [0.29, 0.717) is 29.4 Å². The van der Waals surface area contributed by atoms with Crippen molar-refractivity contribution in [2.24, 2.45) is 0 Å². The molecule has 2 fully saturated rings. The van der Waals surface area contributed by atoms with Crippen molar-refractivity contribution >= 4 is 33.3 Å². The maximum Gasteiger partial charge on any atom is 0.259 e. The quantitative estimate of drug-likeness (QED) is 0.515. The fourth-order valence-corrected chi connectivity index (χ4v) is 4.75. The molecule has 4 heterocycles. The summed E-state index contributed by atoms with van der Waals surface area (Å²) in [6, 6.07) is 12.0. The van der Waals surface area contributed by atoms with Gasteiger partial charge in [0.25, 0.3) is 5.91 Å². The molecular formula is C22H25N7O3S. The SMILES string of the molecule is CO[C@@H](C(=O)Nc1nnc(N[C@@H]2CCN(c3cccnn3)C2)s1)c1cccc(C2COC2)c1. The van der Waals surface area contributed by atoms with Gasteiger partial charge >= 0.3 is 0 Å². The second kappa shape index (κ2) is 9.77. The average molecular weight is 468 g/mol. The summed E-state index contributed by atoms with van der Waals surface area (Å²) in [6.45, 7) is 3.12. The topological polar surface area (TPSA) is 114 Å². The van der Waals surface area contributed by atoms with Crippen LogP contribution in [0.4, 0.5) is 16.1 Å². The van der Waals surface area contributed by atoms with Gasteiger partial charge in [-0.05, 0) is 29.7 Å². The van der Waals surface area contributed by atoms with Gasteiger partial charge in [-0.3, -0.25) is 10.1 Å². The summed E-state index contributed by atoms with van der Waals surface area (Å²) < 4.78 is 10.8. The number of anilines is 3. The molecule has 1 aromatic carbocycles. The number of ether oxygens (including phenoxy) is 2. The third-order valence-electron chi connectivity index (χ3n) is 5.85. The Bertz CT molecular complexity index is 1090. The molecule has 2 aliphatic heterocycles. The van der Waals surface area contributed by atoms with Gasteiger partial charge in [-0.15, -0.1) is 15.3 Å². The summed E-state index contributed by atoms with van der Waals surface area (Å²) in [5.41, 5.74) is 1.96. The third kappa shape index (κ3) is 4.95. The minimum absolute atomic E-state index is 0.216. The molecule has 2 saturated heterocycles. The molecule has 0 bridgehead atoms. The average Bonchev–Trinajstić information content (AvgIpc) is 3.44. The number of carbonyl (C=O) groups excluding carboxylic acids is 1. The number of amides is 1. The zero-order valence-electron chi connectivity index (χ0n) is 18.2. The molecule has 0 unspecified atom stereocenters. The van der Waals surface area contributed by atoms with Gasteiger partial charge in [0, 0.05) is 38.4 Å². The van der Waals surface area contributed by atoms with Crippen molar-refractivity contribution < 1.29 is 14.3 Å². The molecule has 0 aliphatic carbocycles. The molecule has 2 atom stereocenters. The normalized spacial score (nSPS) is 19.2. The first-order valence-electron chi connectivity index (χ1n) is 10.8. The maximum atomic E-state index is 12.9. The molecule has 0 spiro atoms. The van der Waals surface area contributed by atoms with E-state index >= 15 is 0 Å². The van der Waals surface area contributed by atoms with Gasteiger partial charge in [0.1, 0.15) is 0 Å². The van der Waals surface area contributed by atoms with Crippen molar-refractivity contribution in [1.82, 2.24) is 20.4 Å². The summed E-state index contributed by atoms with van der Waals surface area (Å²) in [4.78, 5) is 15.1. The van der Waals surface area contributed by atoms with E-state index in [1.807, 2.05) is 30.3 Å². The minimum Gasteiger partial charge on any atom is -0.380 e. The maximum absolute atomic E-state index is 12.9. The van der Waals surface area contributed by atoms with Crippen LogP contribution < -0.4 is 15.5 Å². The van der Waals surface area contributed by atoms with Crippen molar-refractivity contribution in [3.05, 3.63) is 53.7 Å². The molecular weight excluding hydrogens is 442 g/mol. The van der Waals surface area contributed by atoms with Crippen LogP contribution in [-0.4, -0.2) is 65.8 Å². The molecule has 3 aromatic rings. The van der Waals surface area contributed by atoms with Crippen LogP contribution >= 0.6 is 11.3 Å². The van der Waals surface area contributed by atoms with Crippen LogP contribution in [0.25, 0.3) is 0 Å². The molecule has 10 nitrogen and oxygen atoms in total. The van der Waals surface area contributed by atoms with Crippen LogP contribution in [0.2, 0.25) is 0 Å². The number of nitrogens with one attached hydrogen (secondary N) is 2. The third-order valence-corrected chi connectivity index (χ3v) is 6.62. The highest BCUT2D eigenvalue weighted by molar-refractivity contribution is 7.19. The Morgan fingerprint density at radius 1 is 1.21 bits per heavy atom. The van der Waals surface area contributed by atoms with Crippen LogP contribution in [0.1, 0.15) is 29.6 Å². The lowest BCUT2D eigenvalue weighted by atomic mass is 9.94. The van der Waals surface area contributed by atoms with Crippen molar-refractivity contribution in [2.75, 3.05) is 48.9 Å². The summed E-state index contributed by atoms with van der Waals surface area (Å²) in [5.74, 6) is 0.964. The van der Waals surface area contributed by atoms with E-state index in [-0.39, 0.29) is 11.9 Å². The molecule has 172 valence electrons. The summed E-state index contributed by atoms with van der Waals surface area (Å²) in [6.07, 6.45) is 1.88. The van der Waals surface area contributed by atoms with Crippen LogP contribution in [0.3, 0.4) is 0 Å². The first kappa shape index (κ1) is 21.7.